The molecule has 1 N–H and O–H groups in total. The number of sulfonamides is 1. The van der Waals surface area contributed by atoms with Crippen molar-refractivity contribution in [2.75, 3.05) is 20.3 Å². The molecule has 0 amide bonds. The Hall–Kier alpha value is -1.16. The van der Waals surface area contributed by atoms with Crippen molar-refractivity contribution in [3.63, 3.8) is 0 Å². The number of ether oxygens (including phenoxy) is 2. The van der Waals surface area contributed by atoms with Crippen molar-refractivity contribution in [1.29, 1.82) is 0 Å². The summed E-state index contributed by atoms with van der Waals surface area (Å²) < 4.78 is 36.5. The van der Waals surface area contributed by atoms with Crippen molar-refractivity contribution in [3.8, 4) is 5.06 Å². The SMILES string of the molecule is COc1sccc1S(=O)(=O)N1CCO[C@H](C)[C@H]1C(=O)O. The molecule has 0 spiro atoms. The Kier molecular flexibility index (Phi) is 4.33. The minimum absolute atomic E-state index is 0.00262. The topological polar surface area (TPSA) is 93.1 Å². The summed E-state index contributed by atoms with van der Waals surface area (Å²) in [4.78, 5) is 11.3. The van der Waals surface area contributed by atoms with Gasteiger partial charge in [-0.05, 0) is 18.4 Å². The molecular formula is C11H15NO6S2. The zero-order chi connectivity index (χ0) is 14.9. The predicted molar refractivity (Wildman–Crippen MR) is 71.6 cm³/mol. The van der Waals surface area contributed by atoms with Gasteiger partial charge in [-0.1, -0.05) is 0 Å². The molecule has 1 aliphatic rings. The number of morpholine rings is 1. The molecule has 0 unspecified atom stereocenters. The van der Waals surface area contributed by atoms with Gasteiger partial charge in [0, 0.05) is 6.54 Å². The van der Waals surface area contributed by atoms with Crippen LogP contribution >= 0.6 is 11.3 Å². The van der Waals surface area contributed by atoms with E-state index in [9.17, 15) is 18.3 Å². The normalized spacial score (nSPS) is 24.5. The molecule has 0 aliphatic carbocycles. The molecule has 0 aromatic carbocycles. The molecule has 1 aromatic rings. The Bertz CT molecular complexity index is 596. The van der Waals surface area contributed by atoms with Crippen LogP contribution in [0.15, 0.2) is 16.3 Å². The highest BCUT2D eigenvalue weighted by atomic mass is 32.2. The number of aliphatic carboxylic acids is 1. The minimum Gasteiger partial charge on any atom is -0.486 e. The number of rotatable bonds is 4. The first kappa shape index (κ1) is 15.2. The Morgan fingerprint density at radius 3 is 2.90 bits per heavy atom. The smallest absolute Gasteiger partial charge is 0.324 e. The first-order chi connectivity index (χ1) is 9.39. The van der Waals surface area contributed by atoms with E-state index in [2.05, 4.69) is 0 Å². The Morgan fingerprint density at radius 1 is 1.60 bits per heavy atom. The molecule has 0 bridgehead atoms. The lowest BCUT2D eigenvalue weighted by atomic mass is 10.1. The van der Waals surface area contributed by atoms with Crippen molar-refractivity contribution in [2.24, 2.45) is 0 Å². The Balaban J connectivity index is 2.44. The summed E-state index contributed by atoms with van der Waals surface area (Å²) in [5.41, 5.74) is 0. The number of carboxylic acids is 1. The molecule has 1 aliphatic heterocycles. The van der Waals surface area contributed by atoms with E-state index in [1.165, 1.54) is 13.2 Å². The van der Waals surface area contributed by atoms with E-state index < -0.39 is 28.1 Å². The monoisotopic (exact) mass is 321 g/mol. The average molecular weight is 321 g/mol. The second-order valence-electron chi connectivity index (χ2n) is 4.25. The molecule has 1 saturated heterocycles. The minimum atomic E-state index is -3.93. The summed E-state index contributed by atoms with van der Waals surface area (Å²) in [5.74, 6) is -1.23. The van der Waals surface area contributed by atoms with Crippen molar-refractivity contribution in [2.45, 2.75) is 24.0 Å². The van der Waals surface area contributed by atoms with Crippen LogP contribution in [0.3, 0.4) is 0 Å². The number of hydrogen-bond acceptors (Lipinski definition) is 6. The van der Waals surface area contributed by atoms with Crippen LogP contribution in [-0.2, 0) is 19.6 Å². The van der Waals surface area contributed by atoms with Crippen LogP contribution in [0.5, 0.6) is 5.06 Å². The van der Waals surface area contributed by atoms with Crippen LogP contribution in [0.25, 0.3) is 0 Å². The third-order valence-electron chi connectivity index (χ3n) is 3.07. The van der Waals surface area contributed by atoms with Crippen LogP contribution in [-0.4, -0.2) is 56.2 Å². The highest BCUT2D eigenvalue weighted by Gasteiger charge is 2.43. The number of carbonyl (C=O) groups is 1. The van der Waals surface area contributed by atoms with Crippen molar-refractivity contribution < 1.29 is 27.8 Å². The van der Waals surface area contributed by atoms with Crippen molar-refractivity contribution in [3.05, 3.63) is 11.4 Å². The maximum absolute atomic E-state index is 12.6. The quantitative estimate of drug-likeness (QED) is 0.874. The van der Waals surface area contributed by atoms with Crippen molar-refractivity contribution in [1.82, 2.24) is 4.31 Å². The second kappa shape index (κ2) is 5.68. The van der Waals surface area contributed by atoms with E-state index >= 15 is 0 Å². The fourth-order valence-electron chi connectivity index (χ4n) is 2.14. The van der Waals surface area contributed by atoms with Crippen LogP contribution in [0, 0.1) is 0 Å². The summed E-state index contributed by atoms with van der Waals surface area (Å²) in [6, 6.07) is 0.177. The largest absolute Gasteiger partial charge is 0.486 e. The van der Waals surface area contributed by atoms with Crippen LogP contribution in [0.2, 0.25) is 0 Å². The van der Waals surface area contributed by atoms with Crippen LogP contribution in [0.4, 0.5) is 0 Å². The van der Waals surface area contributed by atoms with Gasteiger partial charge in [-0.2, -0.15) is 4.31 Å². The first-order valence-electron chi connectivity index (χ1n) is 5.87. The van der Waals surface area contributed by atoms with Gasteiger partial charge in [0.25, 0.3) is 0 Å². The standard InChI is InChI=1S/C11H15NO6S2/c1-7-9(10(13)14)12(4-5-18-7)20(15,16)8-3-6-19-11(8)17-2/h3,6-7,9H,4-5H2,1-2H3,(H,13,14)/t7-,9+/m1/s1. The lowest BCUT2D eigenvalue weighted by Gasteiger charge is -2.35. The van der Waals surface area contributed by atoms with E-state index in [1.807, 2.05) is 0 Å². The van der Waals surface area contributed by atoms with E-state index in [-0.39, 0.29) is 23.1 Å². The fourth-order valence-corrected chi connectivity index (χ4v) is 4.95. The molecule has 2 rings (SSSR count). The highest BCUT2D eigenvalue weighted by molar-refractivity contribution is 7.89. The Morgan fingerprint density at radius 2 is 2.30 bits per heavy atom. The fraction of sp³-hybridized carbons (Fsp3) is 0.545. The van der Waals surface area contributed by atoms with Gasteiger partial charge in [0.2, 0.25) is 10.0 Å². The van der Waals surface area contributed by atoms with E-state index in [4.69, 9.17) is 9.47 Å². The van der Waals surface area contributed by atoms with E-state index in [1.54, 1.807) is 12.3 Å². The predicted octanol–water partition coefficient (Wildman–Crippen LogP) is 0.619. The highest BCUT2D eigenvalue weighted by Crippen LogP contribution is 2.34. The van der Waals surface area contributed by atoms with E-state index in [0.717, 1.165) is 15.6 Å². The van der Waals surface area contributed by atoms with Gasteiger partial charge in [-0.15, -0.1) is 11.3 Å². The molecule has 7 nitrogen and oxygen atoms in total. The molecule has 2 heterocycles. The molecule has 9 heteroatoms. The van der Waals surface area contributed by atoms with Gasteiger partial charge in [0.05, 0.1) is 19.8 Å². The average Bonchev–Trinajstić information content (AvgIpc) is 2.86. The van der Waals surface area contributed by atoms with Gasteiger partial charge in [0.15, 0.2) is 5.06 Å². The van der Waals surface area contributed by atoms with Crippen LogP contribution < -0.4 is 4.74 Å². The third kappa shape index (κ3) is 2.53. The number of carboxylic acid groups (broad SMARTS) is 1. The number of hydrogen-bond donors (Lipinski definition) is 1. The van der Waals surface area contributed by atoms with Gasteiger partial charge in [-0.3, -0.25) is 4.79 Å². The second-order valence-corrected chi connectivity index (χ2v) is 6.99. The number of thiophene rings is 1. The summed E-state index contributed by atoms with van der Waals surface area (Å²) in [7, 11) is -2.55. The third-order valence-corrected chi connectivity index (χ3v) is 5.97. The lowest BCUT2D eigenvalue weighted by Crippen LogP contribution is -2.56. The van der Waals surface area contributed by atoms with Gasteiger partial charge >= 0.3 is 5.97 Å². The zero-order valence-electron chi connectivity index (χ0n) is 11.0. The lowest BCUT2D eigenvalue weighted by molar-refractivity contribution is -0.150. The van der Waals surface area contributed by atoms with Crippen molar-refractivity contribution >= 4 is 27.3 Å². The summed E-state index contributed by atoms with van der Waals surface area (Å²) >= 11 is 1.14. The van der Waals surface area contributed by atoms with Gasteiger partial charge in [0.1, 0.15) is 10.9 Å². The summed E-state index contributed by atoms with van der Waals surface area (Å²) in [6.07, 6.45) is -0.708. The molecule has 0 saturated carbocycles. The summed E-state index contributed by atoms with van der Waals surface area (Å²) in [6.45, 7) is 1.71. The number of methoxy groups -OCH3 is 1. The molecule has 1 fully saturated rings. The molecule has 112 valence electrons. The zero-order valence-corrected chi connectivity index (χ0v) is 12.6. The molecular weight excluding hydrogens is 306 g/mol. The van der Waals surface area contributed by atoms with Gasteiger partial charge in [-0.25, -0.2) is 8.42 Å². The van der Waals surface area contributed by atoms with Crippen LogP contribution in [0.1, 0.15) is 6.92 Å². The maximum atomic E-state index is 12.6. The first-order valence-corrected chi connectivity index (χ1v) is 8.19. The van der Waals surface area contributed by atoms with E-state index in [0.29, 0.717) is 0 Å². The van der Waals surface area contributed by atoms with Gasteiger partial charge < -0.3 is 14.6 Å². The molecule has 20 heavy (non-hydrogen) atoms. The molecule has 1 aromatic heterocycles. The number of nitrogens with zero attached hydrogens (tertiary/aromatic N) is 1. The molecule has 0 radical (unpaired) electrons. The Labute approximate surface area is 120 Å². The summed E-state index contributed by atoms with van der Waals surface area (Å²) in [5, 5.41) is 11.1. The molecule has 2 atom stereocenters. The maximum Gasteiger partial charge on any atom is 0.324 e.